The van der Waals surface area contributed by atoms with Gasteiger partial charge in [-0.15, -0.1) is 0 Å². The fourth-order valence-corrected chi connectivity index (χ4v) is 5.45. The summed E-state index contributed by atoms with van der Waals surface area (Å²) in [5, 5.41) is 10.1. The minimum atomic E-state index is -4.47. The van der Waals surface area contributed by atoms with E-state index in [9.17, 15) is 18.0 Å². The Bertz CT molecular complexity index is 1480. The molecule has 3 aromatic carbocycles. The topological polar surface area (TPSA) is 88.1 Å². The summed E-state index contributed by atoms with van der Waals surface area (Å²) in [6.07, 6.45) is -1.68. The lowest BCUT2D eigenvalue weighted by Crippen LogP contribution is -2.39. The van der Waals surface area contributed by atoms with Gasteiger partial charge in [-0.1, -0.05) is 57.9 Å². The van der Waals surface area contributed by atoms with E-state index in [-0.39, 0.29) is 42.4 Å². The third-order valence-corrected chi connectivity index (χ3v) is 8.16. The molecule has 0 spiro atoms. The van der Waals surface area contributed by atoms with Gasteiger partial charge < -0.3 is 24.8 Å². The second-order valence-electron chi connectivity index (χ2n) is 10.1. The summed E-state index contributed by atoms with van der Waals surface area (Å²) in [7, 11) is 0. The summed E-state index contributed by atoms with van der Waals surface area (Å²) >= 11 is 9.56. The van der Waals surface area contributed by atoms with Crippen molar-refractivity contribution in [2.75, 3.05) is 26.3 Å². The van der Waals surface area contributed by atoms with Gasteiger partial charge in [0, 0.05) is 29.2 Å². The van der Waals surface area contributed by atoms with E-state index in [4.69, 9.17) is 31.0 Å². The van der Waals surface area contributed by atoms with Gasteiger partial charge >= 0.3 is 6.18 Å². The monoisotopic (exact) mass is 694 g/mol. The zero-order valence-electron chi connectivity index (χ0n) is 23.6. The first kappa shape index (κ1) is 33.4. The minimum Gasteiger partial charge on any atom is -0.490 e. The van der Waals surface area contributed by atoms with Crippen LogP contribution in [0.1, 0.15) is 36.0 Å². The van der Waals surface area contributed by atoms with E-state index in [1.165, 1.54) is 6.07 Å². The van der Waals surface area contributed by atoms with Crippen LogP contribution in [0.5, 0.6) is 11.5 Å². The molecule has 0 aromatic heterocycles. The highest BCUT2D eigenvalue weighted by Crippen LogP contribution is 2.36. The standard InChI is InChI=1S/C31H29BrClF3N2O3.CH2O2/c32-27-4-2-1-3-21(27)19-38(23-8-9-23)30(39)26-18-37-14-13-25(26)20-5-10-24(11-6-20)40-15-16-41-29-12-7-22(17-28(29)33)31(34,35)36;2-1-3/h1-7,10-12,17,23,37H,8-9,13-16,18-19H2;1H,(H,2,3). The zero-order chi connectivity index (χ0) is 31.7. The summed E-state index contributed by atoms with van der Waals surface area (Å²) in [4.78, 5) is 24.2. The molecule has 1 aliphatic carbocycles. The van der Waals surface area contributed by atoms with Gasteiger partial charge in [0.15, 0.2) is 0 Å². The summed E-state index contributed by atoms with van der Waals surface area (Å²) in [5.74, 6) is 0.852. The van der Waals surface area contributed by atoms with Crippen LogP contribution in [0.4, 0.5) is 13.2 Å². The molecular weight excluding hydrogens is 665 g/mol. The molecule has 0 atom stereocenters. The SMILES string of the molecule is O=C(C1=C(c2ccc(OCCOc3ccc(C(F)(F)F)cc3Cl)cc2)CCNC1)N(Cc1ccccc1Br)C1CC1.O=CO. The third-order valence-electron chi connectivity index (χ3n) is 7.09. The molecule has 1 fully saturated rings. The average Bonchev–Trinajstić information content (AvgIpc) is 3.85. The fraction of sp³-hybridized carbons (Fsp3) is 0.312. The first-order valence-corrected chi connectivity index (χ1v) is 15.1. The molecule has 2 aliphatic rings. The number of nitrogens with one attached hydrogen (secondary N) is 1. The molecule has 0 saturated heterocycles. The van der Waals surface area contributed by atoms with E-state index >= 15 is 0 Å². The number of ether oxygens (including phenoxy) is 2. The number of benzene rings is 3. The van der Waals surface area contributed by atoms with E-state index in [1.54, 1.807) is 0 Å². The Morgan fingerprint density at radius 2 is 1.75 bits per heavy atom. The van der Waals surface area contributed by atoms with Gasteiger partial charge in [-0.05, 0) is 78.9 Å². The Morgan fingerprint density at radius 3 is 2.39 bits per heavy atom. The van der Waals surface area contributed by atoms with Crippen molar-refractivity contribution >= 4 is 45.5 Å². The highest BCUT2D eigenvalue weighted by Gasteiger charge is 2.35. The van der Waals surface area contributed by atoms with Crippen LogP contribution < -0.4 is 14.8 Å². The number of nitrogens with zero attached hydrogens (tertiary/aromatic N) is 1. The van der Waals surface area contributed by atoms with Crippen molar-refractivity contribution < 1.29 is 37.3 Å². The Morgan fingerprint density at radius 1 is 1.07 bits per heavy atom. The first-order valence-electron chi connectivity index (χ1n) is 13.9. The van der Waals surface area contributed by atoms with E-state index in [1.807, 2.05) is 53.4 Å². The Balaban J connectivity index is 0.00000141. The molecular formula is C32H31BrClF3N2O5. The van der Waals surface area contributed by atoms with Crippen molar-refractivity contribution in [1.29, 1.82) is 0 Å². The lowest BCUT2D eigenvalue weighted by Gasteiger charge is -2.28. The normalized spacial score (nSPS) is 14.8. The van der Waals surface area contributed by atoms with E-state index in [0.29, 0.717) is 18.8 Å². The molecule has 5 rings (SSSR count). The number of carboxylic acid groups (broad SMARTS) is 1. The van der Waals surface area contributed by atoms with Crippen LogP contribution in [0.2, 0.25) is 5.02 Å². The van der Waals surface area contributed by atoms with Gasteiger partial charge in [0.05, 0.1) is 10.6 Å². The molecule has 2 N–H and O–H groups in total. The molecule has 234 valence electrons. The zero-order valence-corrected chi connectivity index (χ0v) is 25.9. The van der Waals surface area contributed by atoms with Gasteiger partial charge in [0.2, 0.25) is 0 Å². The maximum Gasteiger partial charge on any atom is 0.416 e. The van der Waals surface area contributed by atoms with Crippen molar-refractivity contribution in [3.8, 4) is 11.5 Å². The number of hydrogen-bond donors (Lipinski definition) is 2. The van der Waals surface area contributed by atoms with Crippen molar-refractivity contribution in [2.45, 2.75) is 38.0 Å². The molecule has 0 bridgehead atoms. The van der Waals surface area contributed by atoms with Crippen LogP contribution in [0, 0.1) is 0 Å². The number of alkyl halides is 3. The van der Waals surface area contributed by atoms with Gasteiger partial charge in [-0.3, -0.25) is 9.59 Å². The summed E-state index contributed by atoms with van der Waals surface area (Å²) < 4.78 is 50.7. The number of rotatable bonds is 10. The molecule has 12 heteroatoms. The first-order chi connectivity index (χ1) is 21.1. The largest absolute Gasteiger partial charge is 0.490 e. The maximum atomic E-state index is 13.8. The van der Waals surface area contributed by atoms with Crippen molar-refractivity contribution in [1.82, 2.24) is 10.2 Å². The molecule has 7 nitrogen and oxygen atoms in total. The third kappa shape index (κ3) is 8.99. The van der Waals surface area contributed by atoms with Gasteiger partial charge in [-0.2, -0.15) is 13.2 Å². The molecule has 1 heterocycles. The molecule has 3 aromatic rings. The maximum absolute atomic E-state index is 13.8. The number of carbonyl (C=O) groups excluding carboxylic acids is 1. The van der Waals surface area contributed by atoms with Gasteiger partial charge in [-0.25, -0.2) is 0 Å². The van der Waals surface area contributed by atoms with Gasteiger partial charge in [0.1, 0.15) is 24.7 Å². The van der Waals surface area contributed by atoms with E-state index in [2.05, 4.69) is 21.2 Å². The fourth-order valence-electron chi connectivity index (χ4n) is 4.80. The van der Waals surface area contributed by atoms with Crippen molar-refractivity contribution in [3.63, 3.8) is 0 Å². The smallest absolute Gasteiger partial charge is 0.416 e. The predicted molar refractivity (Wildman–Crippen MR) is 165 cm³/mol. The van der Waals surface area contributed by atoms with Crippen LogP contribution in [-0.4, -0.2) is 54.7 Å². The van der Waals surface area contributed by atoms with Crippen molar-refractivity contribution in [3.05, 3.63) is 98.5 Å². The summed E-state index contributed by atoms with van der Waals surface area (Å²) in [6.45, 7) is 1.92. The van der Waals surface area contributed by atoms with E-state index in [0.717, 1.165) is 64.7 Å². The second-order valence-corrected chi connectivity index (χ2v) is 11.4. The van der Waals surface area contributed by atoms with E-state index < -0.39 is 11.7 Å². The Labute approximate surface area is 266 Å². The van der Waals surface area contributed by atoms with Gasteiger partial charge in [0.25, 0.3) is 12.4 Å². The number of hydrogen-bond acceptors (Lipinski definition) is 5. The van der Waals surface area contributed by atoms with Crippen LogP contribution >= 0.6 is 27.5 Å². The molecule has 44 heavy (non-hydrogen) atoms. The summed E-state index contributed by atoms with van der Waals surface area (Å²) in [5.41, 5.74) is 3.07. The van der Waals surface area contributed by atoms with Crippen LogP contribution in [0.25, 0.3) is 5.57 Å². The molecule has 1 aliphatic heterocycles. The Kier molecular flexibility index (Phi) is 11.7. The minimum absolute atomic E-state index is 0.0739. The van der Waals surface area contributed by atoms with Crippen molar-refractivity contribution in [2.24, 2.45) is 0 Å². The number of amides is 1. The van der Waals surface area contributed by atoms with Crippen LogP contribution in [0.3, 0.4) is 0 Å². The highest BCUT2D eigenvalue weighted by molar-refractivity contribution is 9.10. The lowest BCUT2D eigenvalue weighted by molar-refractivity contribution is -0.137. The number of carbonyl (C=O) groups is 2. The average molecular weight is 696 g/mol. The molecule has 0 unspecified atom stereocenters. The quantitative estimate of drug-likeness (QED) is 0.172. The summed E-state index contributed by atoms with van der Waals surface area (Å²) in [6, 6.07) is 18.8. The second kappa shape index (κ2) is 15.5. The molecule has 1 amide bonds. The molecule has 1 saturated carbocycles. The van der Waals surface area contributed by atoms with Crippen LogP contribution in [0.15, 0.2) is 76.8 Å². The highest BCUT2D eigenvalue weighted by atomic mass is 79.9. The Hall–Kier alpha value is -3.54. The number of halogens is 5. The molecule has 0 radical (unpaired) electrons. The predicted octanol–water partition coefficient (Wildman–Crippen LogP) is 7.22. The lowest BCUT2D eigenvalue weighted by atomic mass is 9.93. The van der Waals surface area contributed by atoms with Crippen LogP contribution in [-0.2, 0) is 22.3 Å².